The van der Waals surface area contributed by atoms with E-state index < -0.39 is 0 Å². The molecule has 9 heteroatoms. The van der Waals surface area contributed by atoms with E-state index in [4.69, 9.17) is 4.74 Å². The molecule has 2 aromatic carbocycles. The molecule has 0 aliphatic carbocycles. The van der Waals surface area contributed by atoms with E-state index in [0.29, 0.717) is 22.9 Å². The summed E-state index contributed by atoms with van der Waals surface area (Å²) in [5, 5.41) is 8.29. The van der Waals surface area contributed by atoms with Crippen molar-refractivity contribution in [1.29, 1.82) is 0 Å². The van der Waals surface area contributed by atoms with E-state index in [1.807, 2.05) is 31.2 Å². The van der Waals surface area contributed by atoms with Crippen LogP contribution < -0.4 is 10.1 Å². The molecular formula is C22H20FN5O2S. The minimum absolute atomic E-state index is 0.117. The standard InChI is InChI=1S/C22H20FN5O2S/c1-14(21(29)24-11-15-5-3-4-6-19(15)30-2)31-22-18-12-27-28(20(18)25-13-26-22)17-9-7-16(23)8-10-17/h3-10,12-14H,11H2,1-2H3,(H,24,29). The Hall–Kier alpha value is -3.46. The van der Waals surface area contributed by atoms with Crippen LogP contribution in [0.4, 0.5) is 4.39 Å². The summed E-state index contributed by atoms with van der Waals surface area (Å²) < 4.78 is 20.2. The first-order chi connectivity index (χ1) is 15.1. The highest BCUT2D eigenvalue weighted by atomic mass is 32.2. The number of benzene rings is 2. The van der Waals surface area contributed by atoms with Crippen LogP contribution in [-0.2, 0) is 11.3 Å². The Kier molecular flexibility index (Phi) is 6.13. The summed E-state index contributed by atoms with van der Waals surface area (Å²) in [7, 11) is 1.60. The van der Waals surface area contributed by atoms with Crippen LogP contribution in [0.2, 0.25) is 0 Å². The lowest BCUT2D eigenvalue weighted by Gasteiger charge is -2.13. The third kappa shape index (κ3) is 4.51. The lowest BCUT2D eigenvalue weighted by molar-refractivity contribution is -0.120. The predicted molar refractivity (Wildman–Crippen MR) is 117 cm³/mol. The molecule has 158 valence electrons. The highest BCUT2D eigenvalue weighted by molar-refractivity contribution is 8.00. The largest absolute Gasteiger partial charge is 0.496 e. The number of methoxy groups -OCH3 is 1. The first kappa shape index (κ1) is 20.8. The summed E-state index contributed by atoms with van der Waals surface area (Å²) in [6, 6.07) is 13.6. The molecule has 1 N–H and O–H groups in total. The Bertz CT molecular complexity index is 1210. The molecule has 4 aromatic rings. The summed E-state index contributed by atoms with van der Waals surface area (Å²) >= 11 is 1.33. The highest BCUT2D eigenvalue weighted by Gasteiger charge is 2.19. The van der Waals surface area contributed by atoms with Crippen molar-refractivity contribution in [2.45, 2.75) is 23.7 Å². The zero-order chi connectivity index (χ0) is 21.8. The van der Waals surface area contributed by atoms with E-state index >= 15 is 0 Å². The average Bonchev–Trinajstić information content (AvgIpc) is 3.23. The van der Waals surface area contributed by atoms with Crippen molar-refractivity contribution in [3.63, 3.8) is 0 Å². The van der Waals surface area contributed by atoms with Gasteiger partial charge < -0.3 is 10.1 Å². The number of rotatable bonds is 7. The van der Waals surface area contributed by atoms with Crippen LogP contribution in [-0.4, -0.2) is 38.0 Å². The van der Waals surface area contributed by atoms with E-state index in [2.05, 4.69) is 20.4 Å². The number of amides is 1. The maximum Gasteiger partial charge on any atom is 0.233 e. The smallest absolute Gasteiger partial charge is 0.233 e. The van der Waals surface area contributed by atoms with Gasteiger partial charge in [0.15, 0.2) is 5.65 Å². The number of aromatic nitrogens is 4. The summed E-state index contributed by atoms with van der Waals surface area (Å²) in [6.45, 7) is 2.19. The molecule has 31 heavy (non-hydrogen) atoms. The number of fused-ring (bicyclic) bond motifs is 1. The van der Waals surface area contributed by atoms with Gasteiger partial charge in [0.05, 0.1) is 29.6 Å². The molecule has 0 spiro atoms. The number of para-hydroxylation sites is 1. The average molecular weight is 438 g/mol. The van der Waals surface area contributed by atoms with Gasteiger partial charge in [-0.15, -0.1) is 0 Å². The van der Waals surface area contributed by atoms with Gasteiger partial charge in [0.1, 0.15) is 22.9 Å². The number of thioether (sulfide) groups is 1. The van der Waals surface area contributed by atoms with Gasteiger partial charge in [-0.2, -0.15) is 5.10 Å². The summed E-state index contributed by atoms with van der Waals surface area (Å²) in [4.78, 5) is 21.3. The molecule has 0 aliphatic rings. The van der Waals surface area contributed by atoms with E-state index in [-0.39, 0.29) is 17.0 Å². The van der Waals surface area contributed by atoms with Gasteiger partial charge >= 0.3 is 0 Å². The molecule has 0 bridgehead atoms. The first-order valence-electron chi connectivity index (χ1n) is 9.57. The maximum atomic E-state index is 13.2. The molecule has 0 saturated heterocycles. The summed E-state index contributed by atoms with van der Waals surface area (Å²) in [5.74, 6) is 0.293. The van der Waals surface area contributed by atoms with Crippen LogP contribution in [0.5, 0.6) is 5.75 Å². The molecule has 4 rings (SSSR count). The third-order valence-electron chi connectivity index (χ3n) is 4.70. The normalized spacial score (nSPS) is 12.0. The number of nitrogens with one attached hydrogen (secondary N) is 1. The van der Waals surface area contributed by atoms with Crippen LogP contribution in [0.3, 0.4) is 0 Å². The van der Waals surface area contributed by atoms with Crippen molar-refractivity contribution in [2.75, 3.05) is 7.11 Å². The summed E-state index contributed by atoms with van der Waals surface area (Å²) in [5.41, 5.74) is 2.18. The van der Waals surface area contributed by atoms with Crippen LogP contribution in [0.25, 0.3) is 16.7 Å². The molecule has 2 aromatic heterocycles. The number of halogens is 1. The van der Waals surface area contributed by atoms with E-state index in [1.54, 1.807) is 30.1 Å². The fraction of sp³-hybridized carbons (Fsp3) is 0.182. The molecule has 0 fully saturated rings. The zero-order valence-corrected chi connectivity index (χ0v) is 17.8. The van der Waals surface area contributed by atoms with Gasteiger partial charge in [0.25, 0.3) is 0 Å². The number of hydrogen-bond acceptors (Lipinski definition) is 6. The number of nitrogens with zero attached hydrogens (tertiary/aromatic N) is 4. The van der Waals surface area contributed by atoms with Crippen LogP contribution in [0.1, 0.15) is 12.5 Å². The number of hydrogen-bond donors (Lipinski definition) is 1. The van der Waals surface area contributed by atoms with Crippen LogP contribution in [0, 0.1) is 5.82 Å². The predicted octanol–water partition coefficient (Wildman–Crippen LogP) is 3.76. The Balaban J connectivity index is 1.49. The van der Waals surface area contributed by atoms with E-state index in [0.717, 1.165) is 16.7 Å². The molecule has 1 unspecified atom stereocenters. The van der Waals surface area contributed by atoms with Crippen molar-refractivity contribution in [2.24, 2.45) is 0 Å². The van der Waals surface area contributed by atoms with Gasteiger partial charge in [-0.25, -0.2) is 19.0 Å². The number of ether oxygens (including phenoxy) is 1. The molecule has 0 aliphatic heterocycles. The van der Waals surface area contributed by atoms with Crippen molar-refractivity contribution in [1.82, 2.24) is 25.1 Å². The maximum absolute atomic E-state index is 13.2. The molecular weight excluding hydrogens is 417 g/mol. The molecule has 1 atom stereocenters. The second kappa shape index (κ2) is 9.13. The monoisotopic (exact) mass is 437 g/mol. The minimum atomic E-state index is -0.387. The van der Waals surface area contributed by atoms with Crippen LogP contribution in [0.15, 0.2) is 66.1 Å². The van der Waals surface area contributed by atoms with Crippen molar-refractivity contribution < 1.29 is 13.9 Å². The van der Waals surface area contributed by atoms with Gasteiger partial charge in [0, 0.05) is 12.1 Å². The zero-order valence-electron chi connectivity index (χ0n) is 16.9. The lowest BCUT2D eigenvalue weighted by atomic mass is 10.2. The SMILES string of the molecule is COc1ccccc1CNC(=O)C(C)Sc1ncnc2c1cnn2-c1ccc(F)cc1. The molecule has 0 saturated carbocycles. The minimum Gasteiger partial charge on any atom is -0.496 e. The quantitative estimate of drug-likeness (QED) is 0.350. The second-order valence-electron chi connectivity index (χ2n) is 6.74. The molecule has 7 nitrogen and oxygen atoms in total. The Labute approximate surface area is 182 Å². The Morgan fingerprint density at radius 2 is 1.97 bits per heavy atom. The van der Waals surface area contributed by atoms with Crippen LogP contribution >= 0.6 is 11.8 Å². The van der Waals surface area contributed by atoms with Gasteiger partial charge in [-0.05, 0) is 37.3 Å². The topological polar surface area (TPSA) is 81.9 Å². The Morgan fingerprint density at radius 1 is 1.19 bits per heavy atom. The van der Waals surface area contributed by atoms with Crippen molar-refractivity contribution >= 4 is 28.7 Å². The van der Waals surface area contributed by atoms with E-state index in [9.17, 15) is 9.18 Å². The highest BCUT2D eigenvalue weighted by Crippen LogP contribution is 2.29. The first-order valence-corrected chi connectivity index (χ1v) is 10.5. The molecule has 0 radical (unpaired) electrons. The number of carbonyl (C=O) groups is 1. The number of carbonyl (C=O) groups excluding carboxylic acids is 1. The van der Waals surface area contributed by atoms with Gasteiger partial charge in [0.2, 0.25) is 5.91 Å². The Morgan fingerprint density at radius 3 is 2.74 bits per heavy atom. The lowest BCUT2D eigenvalue weighted by Crippen LogP contribution is -2.30. The van der Waals surface area contributed by atoms with Crippen molar-refractivity contribution in [3.05, 3.63) is 72.4 Å². The van der Waals surface area contributed by atoms with Gasteiger partial charge in [-0.3, -0.25) is 4.79 Å². The summed E-state index contributed by atoms with van der Waals surface area (Å²) in [6.07, 6.45) is 3.09. The fourth-order valence-corrected chi connectivity index (χ4v) is 3.99. The van der Waals surface area contributed by atoms with E-state index in [1.165, 1.54) is 30.2 Å². The molecule has 1 amide bonds. The molecule has 2 heterocycles. The van der Waals surface area contributed by atoms with Crippen molar-refractivity contribution in [3.8, 4) is 11.4 Å². The fourth-order valence-electron chi connectivity index (χ4n) is 3.08. The second-order valence-corrected chi connectivity index (χ2v) is 8.07. The third-order valence-corrected chi connectivity index (χ3v) is 5.82. The van der Waals surface area contributed by atoms with Gasteiger partial charge in [-0.1, -0.05) is 30.0 Å².